The molecule has 1 amide bonds. The van der Waals surface area contributed by atoms with Gasteiger partial charge in [0.25, 0.3) is 5.56 Å². The number of aromatic nitrogens is 1. The van der Waals surface area contributed by atoms with Crippen LogP contribution in [0.15, 0.2) is 29.2 Å². The van der Waals surface area contributed by atoms with Crippen molar-refractivity contribution in [1.29, 1.82) is 0 Å². The Morgan fingerprint density at radius 1 is 1.35 bits per heavy atom. The van der Waals surface area contributed by atoms with Gasteiger partial charge in [0, 0.05) is 24.8 Å². The fourth-order valence-corrected chi connectivity index (χ4v) is 2.21. The molecule has 1 rings (SSSR count). The number of hydrogen-bond donors (Lipinski definition) is 1. The van der Waals surface area contributed by atoms with Gasteiger partial charge in [0.05, 0.1) is 0 Å². The van der Waals surface area contributed by atoms with Gasteiger partial charge < -0.3 is 14.8 Å². The molecule has 1 heterocycles. The van der Waals surface area contributed by atoms with Crippen LogP contribution in [0, 0.1) is 5.92 Å². The summed E-state index contributed by atoms with van der Waals surface area (Å²) in [5, 5.41) is 3.02. The number of pyridine rings is 1. The SMILES string of the molecule is CC(C)C[C@H](CN(C)C)NC(=O)Cn1ccccc1=O. The van der Waals surface area contributed by atoms with Crippen molar-refractivity contribution in [1.82, 2.24) is 14.8 Å². The Kier molecular flexibility index (Phi) is 6.45. The zero-order valence-corrected chi connectivity index (χ0v) is 12.8. The molecule has 1 aromatic rings. The van der Waals surface area contributed by atoms with Gasteiger partial charge in [-0.25, -0.2) is 0 Å². The van der Waals surface area contributed by atoms with E-state index in [1.807, 2.05) is 14.1 Å². The summed E-state index contributed by atoms with van der Waals surface area (Å²) in [7, 11) is 3.97. The molecule has 1 N–H and O–H groups in total. The van der Waals surface area contributed by atoms with E-state index in [4.69, 9.17) is 0 Å². The lowest BCUT2D eigenvalue weighted by Gasteiger charge is -2.24. The van der Waals surface area contributed by atoms with Crippen molar-refractivity contribution in [2.45, 2.75) is 32.9 Å². The van der Waals surface area contributed by atoms with Crippen LogP contribution in [0.3, 0.4) is 0 Å². The molecular formula is C15H25N3O2. The summed E-state index contributed by atoms with van der Waals surface area (Å²) in [5.74, 6) is 0.394. The first-order valence-corrected chi connectivity index (χ1v) is 6.98. The molecule has 0 aromatic carbocycles. The molecule has 0 aliphatic rings. The minimum Gasteiger partial charge on any atom is -0.351 e. The standard InChI is InChI=1S/C15H25N3O2/c1-12(2)9-13(10-17(3)4)16-14(19)11-18-8-6-5-7-15(18)20/h5-8,12-13H,9-11H2,1-4H3,(H,16,19)/t13-/m1/s1. The Labute approximate surface area is 120 Å². The van der Waals surface area contributed by atoms with Crippen LogP contribution < -0.4 is 10.9 Å². The Balaban J connectivity index is 2.61. The predicted octanol–water partition coefficient (Wildman–Crippen LogP) is 0.941. The second kappa shape index (κ2) is 7.85. The molecule has 5 heteroatoms. The smallest absolute Gasteiger partial charge is 0.250 e. The van der Waals surface area contributed by atoms with Gasteiger partial charge in [0.15, 0.2) is 0 Å². The van der Waals surface area contributed by atoms with Crippen LogP contribution in [-0.4, -0.2) is 42.1 Å². The Hall–Kier alpha value is -1.62. The molecule has 0 aliphatic carbocycles. The van der Waals surface area contributed by atoms with E-state index >= 15 is 0 Å². The number of carbonyl (C=O) groups is 1. The van der Waals surface area contributed by atoms with Crippen molar-refractivity contribution in [3.8, 4) is 0 Å². The number of amides is 1. The summed E-state index contributed by atoms with van der Waals surface area (Å²) in [6, 6.07) is 4.99. The van der Waals surface area contributed by atoms with Gasteiger partial charge in [0.2, 0.25) is 5.91 Å². The van der Waals surface area contributed by atoms with Crippen molar-refractivity contribution < 1.29 is 4.79 Å². The van der Waals surface area contributed by atoms with Crippen LogP contribution in [-0.2, 0) is 11.3 Å². The van der Waals surface area contributed by atoms with Crippen molar-refractivity contribution >= 4 is 5.91 Å². The van der Waals surface area contributed by atoms with Crippen LogP contribution in [0.25, 0.3) is 0 Å². The van der Waals surface area contributed by atoms with E-state index in [2.05, 4.69) is 24.1 Å². The molecule has 0 bridgehead atoms. The Bertz CT molecular complexity index is 470. The van der Waals surface area contributed by atoms with Crippen LogP contribution in [0.5, 0.6) is 0 Å². The number of likely N-dealkylation sites (N-methyl/N-ethyl adjacent to an activating group) is 1. The van der Waals surface area contributed by atoms with E-state index in [0.29, 0.717) is 5.92 Å². The fraction of sp³-hybridized carbons (Fsp3) is 0.600. The van der Waals surface area contributed by atoms with Gasteiger partial charge >= 0.3 is 0 Å². The first kappa shape index (κ1) is 16.4. The monoisotopic (exact) mass is 279 g/mol. The molecule has 112 valence electrons. The molecule has 20 heavy (non-hydrogen) atoms. The highest BCUT2D eigenvalue weighted by molar-refractivity contribution is 5.76. The fourth-order valence-electron chi connectivity index (χ4n) is 2.21. The molecule has 0 unspecified atom stereocenters. The van der Waals surface area contributed by atoms with Crippen LogP contribution in [0.1, 0.15) is 20.3 Å². The van der Waals surface area contributed by atoms with Crippen LogP contribution in [0.2, 0.25) is 0 Å². The molecule has 0 spiro atoms. The maximum atomic E-state index is 12.0. The minimum absolute atomic E-state index is 0.0711. The maximum Gasteiger partial charge on any atom is 0.250 e. The van der Waals surface area contributed by atoms with E-state index in [-0.39, 0.29) is 24.1 Å². The molecule has 1 aromatic heterocycles. The molecule has 0 saturated heterocycles. The normalized spacial score (nSPS) is 12.7. The lowest BCUT2D eigenvalue weighted by Crippen LogP contribution is -2.44. The molecule has 1 atom stereocenters. The van der Waals surface area contributed by atoms with Crippen molar-refractivity contribution in [2.75, 3.05) is 20.6 Å². The first-order valence-electron chi connectivity index (χ1n) is 6.98. The van der Waals surface area contributed by atoms with Crippen molar-refractivity contribution in [3.05, 3.63) is 34.7 Å². The topological polar surface area (TPSA) is 54.3 Å². The second-order valence-electron chi connectivity index (χ2n) is 5.82. The average molecular weight is 279 g/mol. The van der Waals surface area contributed by atoms with E-state index in [1.54, 1.807) is 18.3 Å². The number of hydrogen-bond acceptors (Lipinski definition) is 3. The predicted molar refractivity (Wildman–Crippen MR) is 80.6 cm³/mol. The third-order valence-corrected chi connectivity index (χ3v) is 2.92. The summed E-state index contributed by atoms with van der Waals surface area (Å²) >= 11 is 0. The minimum atomic E-state index is -0.157. The number of nitrogens with one attached hydrogen (secondary N) is 1. The van der Waals surface area contributed by atoms with Gasteiger partial charge in [0.1, 0.15) is 6.54 Å². The van der Waals surface area contributed by atoms with Gasteiger partial charge in [-0.15, -0.1) is 0 Å². The van der Waals surface area contributed by atoms with E-state index in [0.717, 1.165) is 13.0 Å². The highest BCUT2D eigenvalue weighted by atomic mass is 16.2. The third kappa shape index (κ3) is 6.02. The van der Waals surface area contributed by atoms with E-state index < -0.39 is 0 Å². The van der Waals surface area contributed by atoms with Gasteiger partial charge in [-0.3, -0.25) is 9.59 Å². The Morgan fingerprint density at radius 3 is 2.60 bits per heavy atom. The summed E-state index contributed by atoms with van der Waals surface area (Å²) in [6.07, 6.45) is 2.55. The van der Waals surface area contributed by atoms with E-state index in [1.165, 1.54) is 10.6 Å². The van der Waals surface area contributed by atoms with E-state index in [9.17, 15) is 9.59 Å². The molecule has 5 nitrogen and oxygen atoms in total. The highest BCUT2D eigenvalue weighted by Gasteiger charge is 2.15. The molecule has 0 saturated carbocycles. The highest BCUT2D eigenvalue weighted by Crippen LogP contribution is 2.05. The lowest BCUT2D eigenvalue weighted by molar-refractivity contribution is -0.122. The van der Waals surface area contributed by atoms with Gasteiger partial charge in [-0.1, -0.05) is 19.9 Å². The largest absolute Gasteiger partial charge is 0.351 e. The molecule has 0 fully saturated rings. The van der Waals surface area contributed by atoms with Crippen LogP contribution in [0.4, 0.5) is 0 Å². The number of carbonyl (C=O) groups excluding carboxylic acids is 1. The van der Waals surface area contributed by atoms with Gasteiger partial charge in [-0.2, -0.15) is 0 Å². The van der Waals surface area contributed by atoms with Crippen LogP contribution >= 0.6 is 0 Å². The number of rotatable bonds is 7. The quantitative estimate of drug-likeness (QED) is 0.808. The third-order valence-electron chi connectivity index (χ3n) is 2.92. The maximum absolute atomic E-state index is 12.0. The molecule has 0 radical (unpaired) electrons. The zero-order valence-electron chi connectivity index (χ0n) is 12.8. The lowest BCUT2D eigenvalue weighted by atomic mass is 10.0. The summed E-state index contributed by atoms with van der Waals surface area (Å²) < 4.78 is 1.41. The summed E-state index contributed by atoms with van der Waals surface area (Å²) in [4.78, 5) is 25.7. The summed E-state index contributed by atoms with van der Waals surface area (Å²) in [6.45, 7) is 5.14. The summed E-state index contributed by atoms with van der Waals surface area (Å²) in [5.41, 5.74) is -0.157. The van der Waals surface area contributed by atoms with Crippen molar-refractivity contribution in [2.24, 2.45) is 5.92 Å². The first-order chi connectivity index (χ1) is 9.38. The molecule has 0 aliphatic heterocycles. The molecular weight excluding hydrogens is 254 g/mol. The second-order valence-corrected chi connectivity index (χ2v) is 5.82. The zero-order chi connectivity index (χ0) is 15.1. The Morgan fingerprint density at radius 2 is 2.05 bits per heavy atom. The average Bonchev–Trinajstić information content (AvgIpc) is 2.30. The van der Waals surface area contributed by atoms with Crippen molar-refractivity contribution in [3.63, 3.8) is 0 Å². The number of nitrogens with zero attached hydrogens (tertiary/aromatic N) is 2. The van der Waals surface area contributed by atoms with Gasteiger partial charge in [-0.05, 0) is 32.5 Å².